The first-order valence-corrected chi connectivity index (χ1v) is 26.3. The average Bonchev–Trinajstić information content (AvgIpc) is 0.704. The highest BCUT2D eigenvalue weighted by atomic mass is 14.2. The minimum atomic E-state index is -0.709. The van der Waals surface area contributed by atoms with Crippen molar-refractivity contribution in [2.45, 2.75) is 6.92 Å². The fourth-order valence-electron chi connectivity index (χ4n) is 11.4. The minimum Gasteiger partial charge on any atom is -0.0616 e. The van der Waals surface area contributed by atoms with Gasteiger partial charge in [0.15, 0.2) is 0 Å². The van der Waals surface area contributed by atoms with Crippen LogP contribution in [0.5, 0.6) is 0 Å². The lowest BCUT2D eigenvalue weighted by Gasteiger charge is -2.19. The van der Waals surface area contributed by atoms with Gasteiger partial charge < -0.3 is 0 Å². The Morgan fingerprint density at radius 1 is 0.222 bits per heavy atom. The number of hydrogen-bond donors (Lipinski definition) is 0. The molecular weight excluding hydrogens is 973 g/mol. The predicted molar refractivity (Wildman–Crippen MR) is 350 cm³/mol. The predicted octanol–water partition coefficient (Wildman–Crippen LogP) is 22.9. The van der Waals surface area contributed by atoms with E-state index >= 15 is 0 Å². The Hall–Kier alpha value is -10.4. The van der Waals surface area contributed by atoms with Crippen molar-refractivity contribution in [3.8, 4) is 66.8 Å². The second-order valence-corrected chi connectivity index (χ2v) is 19.8. The Morgan fingerprint density at radius 3 is 1.17 bits per heavy atom. The van der Waals surface area contributed by atoms with Crippen LogP contribution in [0.3, 0.4) is 0 Å². The summed E-state index contributed by atoms with van der Waals surface area (Å²) in [5, 5.41) is 5.72. The smallest absolute Gasteiger partial charge is 0.0616 e. The Bertz CT molecular complexity index is 6270. The molecule has 0 aliphatic rings. The van der Waals surface area contributed by atoms with Crippen LogP contribution in [0.2, 0.25) is 0 Å². The SMILES string of the molecule is [2H]c1c([2H])c([2H])c2c(-c3c4c([2H])c([2H])c([2H])c([2H])c4c(-c4ccc(-c5ccc6ccccc6c5)cc4)c4c([2H])c(C)c([2H])c([2H])c34)c([2H])c([2H])c([2H])c2c1[2H].[2H]c1c([2H])c([2H])c2c(-c3cccc4ccccc34)c3c([2H])c([2H])c([2H])c([2H])c3c(-c3ccc(-c4ccc5ccccc5c4)cc3)c2c1[2H]. The third-order valence-electron chi connectivity index (χ3n) is 15.1. The molecule has 0 aliphatic heterocycles. The molecule has 0 saturated carbocycles. The molecule has 0 N–H and O–H groups in total. The van der Waals surface area contributed by atoms with Crippen LogP contribution in [0.15, 0.2) is 309 Å². The fourth-order valence-corrected chi connectivity index (χ4v) is 11.4. The van der Waals surface area contributed by atoms with Gasteiger partial charge in [-0.15, -0.1) is 0 Å². The van der Waals surface area contributed by atoms with Crippen molar-refractivity contribution in [1.29, 1.82) is 0 Å². The molecule has 0 unspecified atom stereocenters. The van der Waals surface area contributed by atoms with Crippen LogP contribution in [0, 0.1) is 6.92 Å². The zero-order valence-electron chi connectivity index (χ0n) is 65.2. The van der Waals surface area contributed by atoms with E-state index in [1.807, 2.05) is 140 Å². The van der Waals surface area contributed by atoms with Gasteiger partial charge in [0.1, 0.15) is 0 Å². The van der Waals surface area contributed by atoms with E-state index < -0.39 is 96.7 Å². The molecule has 0 aliphatic carbocycles. The first-order chi connectivity index (χ1) is 49.2. The molecular formula is C81H54. The van der Waals surface area contributed by atoms with E-state index in [2.05, 4.69) is 24.3 Å². The molecule has 81 heavy (non-hydrogen) atoms. The molecule has 0 heterocycles. The Labute approximate surface area is 503 Å². The van der Waals surface area contributed by atoms with E-state index in [1.165, 1.54) is 6.92 Å². The van der Waals surface area contributed by atoms with Crippen LogP contribution < -0.4 is 0 Å². The largest absolute Gasteiger partial charge is 0.0632 e. The van der Waals surface area contributed by atoms with Gasteiger partial charge >= 0.3 is 0 Å². The van der Waals surface area contributed by atoms with E-state index in [-0.39, 0.29) is 112 Å². The van der Waals surface area contributed by atoms with Crippen molar-refractivity contribution in [2.24, 2.45) is 0 Å². The molecule has 0 bridgehead atoms. The highest BCUT2D eigenvalue weighted by Crippen LogP contribution is 2.48. The van der Waals surface area contributed by atoms with Crippen molar-refractivity contribution in [1.82, 2.24) is 0 Å². The van der Waals surface area contributed by atoms with E-state index in [4.69, 9.17) is 17.8 Å². The van der Waals surface area contributed by atoms with Gasteiger partial charge in [-0.05, 0) is 172 Å². The second-order valence-electron chi connectivity index (χ2n) is 19.8. The fraction of sp³-hybridized carbons (Fsp3) is 0.0123. The second kappa shape index (κ2) is 20.1. The summed E-state index contributed by atoms with van der Waals surface area (Å²) in [5.74, 6) is 0. The Morgan fingerprint density at radius 2 is 0.617 bits per heavy atom. The summed E-state index contributed by atoms with van der Waals surface area (Å²) in [5.41, 5.74) is 5.70. The minimum absolute atomic E-state index is 0.0272. The van der Waals surface area contributed by atoms with E-state index in [1.54, 1.807) is 12.1 Å². The van der Waals surface area contributed by atoms with Crippen LogP contribution >= 0.6 is 0 Å². The van der Waals surface area contributed by atoms with Crippen molar-refractivity contribution >= 4 is 86.2 Å². The zero-order valence-corrected chi connectivity index (χ0v) is 43.2. The third-order valence-corrected chi connectivity index (χ3v) is 15.1. The summed E-state index contributed by atoms with van der Waals surface area (Å²) in [6.45, 7) is 1.50. The summed E-state index contributed by atoms with van der Waals surface area (Å²) < 4.78 is 196. The number of rotatable bonds is 6. The molecule has 16 aromatic rings. The van der Waals surface area contributed by atoms with Gasteiger partial charge in [-0.25, -0.2) is 0 Å². The summed E-state index contributed by atoms with van der Waals surface area (Å²) in [6.07, 6.45) is 0. The van der Waals surface area contributed by atoms with Gasteiger partial charge in [0.05, 0.1) is 30.2 Å². The van der Waals surface area contributed by atoms with Gasteiger partial charge in [-0.3, -0.25) is 0 Å². The van der Waals surface area contributed by atoms with Crippen molar-refractivity contribution in [3.63, 3.8) is 0 Å². The maximum Gasteiger partial charge on any atom is 0.0632 e. The van der Waals surface area contributed by atoms with E-state index in [0.29, 0.717) is 27.8 Å². The Balaban J connectivity index is 0.000000168. The van der Waals surface area contributed by atoms with Crippen molar-refractivity contribution in [2.75, 3.05) is 0 Å². The summed E-state index contributed by atoms with van der Waals surface area (Å²) in [7, 11) is 0. The molecule has 0 spiro atoms. The van der Waals surface area contributed by atoms with Crippen LogP contribution in [-0.2, 0) is 0 Å². The number of hydrogen-bond acceptors (Lipinski definition) is 0. The van der Waals surface area contributed by atoms with Crippen LogP contribution in [0.4, 0.5) is 0 Å². The van der Waals surface area contributed by atoms with Gasteiger partial charge in [0.2, 0.25) is 0 Å². The average molecular weight is 1050 g/mol. The maximum absolute atomic E-state index is 9.42. The normalized spacial score (nSPS) is 15.3. The quantitative estimate of drug-likeness (QED) is 0.146. The van der Waals surface area contributed by atoms with Crippen LogP contribution in [0.1, 0.15) is 35.7 Å². The molecule has 0 saturated heterocycles. The van der Waals surface area contributed by atoms with Gasteiger partial charge in [-0.2, -0.15) is 0 Å². The topological polar surface area (TPSA) is 0 Å². The summed E-state index contributed by atoms with van der Waals surface area (Å²) in [4.78, 5) is 0. The molecule has 0 nitrogen and oxygen atoms in total. The van der Waals surface area contributed by atoms with Crippen molar-refractivity contribution < 1.29 is 30.2 Å². The lowest BCUT2D eigenvalue weighted by molar-refractivity contribution is 1.51. The van der Waals surface area contributed by atoms with Crippen LogP contribution in [-0.4, -0.2) is 0 Å². The van der Waals surface area contributed by atoms with Gasteiger partial charge in [0.25, 0.3) is 0 Å². The first-order valence-electron chi connectivity index (χ1n) is 37.3. The van der Waals surface area contributed by atoms with E-state index in [0.717, 1.165) is 54.6 Å². The number of fused-ring (bicyclic) bond motifs is 8. The molecule has 0 fully saturated rings. The standard InChI is InChI=1S/C41H28.C40H26/c1-27-17-24-38-39(25-27)40(31-21-18-29(19-22-31)33-23-20-28-9-2-3-11-32(28)26-33)36-14-6-7-15-37(36)41(38)35-16-8-12-30-10-4-5-13-34(30)35;1-2-12-31-26-32(25-22-27(31)10-1)28-20-23-30(24-21-28)39-35-15-5-7-17-37(35)40(38-18-8-6-16-36(38)39)34-19-9-13-29-11-3-4-14-33(29)34/h2-26H,1H3;1-26H/i4D,5D,6D,7D,8D,10D,12D,13D,14D,15D,16D,17D,24D,25D;5D,6D,7D,8D,15D,16D,17D,18D. The molecule has 0 heteroatoms. The third kappa shape index (κ3) is 8.49. The van der Waals surface area contributed by atoms with Gasteiger partial charge in [0, 0.05) is 0 Å². The summed E-state index contributed by atoms with van der Waals surface area (Å²) >= 11 is 0. The highest BCUT2D eigenvalue weighted by molar-refractivity contribution is 6.25. The molecule has 16 aromatic carbocycles. The molecule has 378 valence electrons. The van der Waals surface area contributed by atoms with E-state index in [9.17, 15) is 12.3 Å². The molecule has 0 aromatic heterocycles. The first kappa shape index (κ1) is 30.1. The lowest BCUT2D eigenvalue weighted by atomic mass is 9.84. The van der Waals surface area contributed by atoms with Crippen molar-refractivity contribution in [3.05, 3.63) is 314 Å². The maximum atomic E-state index is 9.42. The Kier molecular flexibility index (Phi) is 7.47. The van der Waals surface area contributed by atoms with Crippen LogP contribution in [0.25, 0.3) is 153 Å². The lowest BCUT2D eigenvalue weighted by Crippen LogP contribution is -1.92. The molecule has 0 radical (unpaired) electrons. The molecule has 0 atom stereocenters. The highest BCUT2D eigenvalue weighted by Gasteiger charge is 2.20. The monoisotopic (exact) mass is 1050 g/mol. The van der Waals surface area contributed by atoms with Gasteiger partial charge in [-0.1, -0.05) is 302 Å². The summed E-state index contributed by atoms with van der Waals surface area (Å²) in [6, 6.07) is 45.6. The number of benzene rings is 16. The zero-order chi connectivity index (χ0) is 73.0. The molecule has 0 amide bonds. The molecule has 16 rings (SSSR count).